The summed E-state index contributed by atoms with van der Waals surface area (Å²) in [6.45, 7) is 4.13. The third-order valence-electron chi connectivity index (χ3n) is 4.93. The lowest BCUT2D eigenvalue weighted by molar-refractivity contribution is -0.123. The predicted molar refractivity (Wildman–Crippen MR) is 124 cm³/mol. The van der Waals surface area contributed by atoms with Crippen LogP contribution in [-0.4, -0.2) is 29.3 Å². The Labute approximate surface area is 185 Å². The van der Waals surface area contributed by atoms with Crippen molar-refractivity contribution >= 4 is 39.8 Å². The van der Waals surface area contributed by atoms with Gasteiger partial charge in [-0.05, 0) is 65.7 Å². The zero-order chi connectivity index (χ0) is 22.0. The summed E-state index contributed by atoms with van der Waals surface area (Å²) in [5.41, 5.74) is 1.71. The van der Waals surface area contributed by atoms with Crippen LogP contribution in [0, 0.1) is 0 Å². The quantitative estimate of drug-likeness (QED) is 0.455. The molecular formula is C25H23NO4S. The van der Waals surface area contributed by atoms with Crippen molar-refractivity contribution in [1.82, 2.24) is 4.90 Å². The van der Waals surface area contributed by atoms with E-state index in [-0.39, 0.29) is 23.8 Å². The molecule has 1 aliphatic rings. The van der Waals surface area contributed by atoms with E-state index < -0.39 is 0 Å². The van der Waals surface area contributed by atoms with Gasteiger partial charge in [-0.3, -0.25) is 14.5 Å². The van der Waals surface area contributed by atoms with E-state index in [0.717, 1.165) is 33.7 Å². The number of carbonyl (C=O) groups is 2. The minimum absolute atomic E-state index is 0.0188. The fourth-order valence-corrected chi connectivity index (χ4v) is 4.35. The van der Waals surface area contributed by atoms with Gasteiger partial charge in [-0.15, -0.1) is 0 Å². The monoisotopic (exact) mass is 433 g/mol. The first-order valence-electron chi connectivity index (χ1n) is 10.0. The summed E-state index contributed by atoms with van der Waals surface area (Å²) in [5.74, 6) is 0.931. The SMILES string of the molecule is COc1cc(/C=C2\SC(=O)N(Cc3cccc4ccccc34)C2=O)ccc1OC(C)C. The van der Waals surface area contributed by atoms with Crippen LogP contribution in [0.2, 0.25) is 0 Å². The van der Waals surface area contributed by atoms with Crippen LogP contribution >= 0.6 is 11.8 Å². The molecule has 0 atom stereocenters. The number of amides is 2. The second kappa shape index (κ2) is 8.86. The number of carbonyl (C=O) groups excluding carboxylic acids is 2. The largest absolute Gasteiger partial charge is 0.493 e. The second-order valence-electron chi connectivity index (χ2n) is 7.48. The molecule has 4 rings (SSSR count). The van der Waals surface area contributed by atoms with Gasteiger partial charge in [-0.25, -0.2) is 0 Å². The Bertz CT molecular complexity index is 1180. The topological polar surface area (TPSA) is 55.8 Å². The van der Waals surface area contributed by atoms with Gasteiger partial charge >= 0.3 is 0 Å². The third-order valence-corrected chi connectivity index (χ3v) is 5.84. The minimum Gasteiger partial charge on any atom is -0.493 e. The molecule has 3 aromatic carbocycles. The van der Waals surface area contributed by atoms with Gasteiger partial charge in [0.15, 0.2) is 11.5 Å². The fourth-order valence-electron chi connectivity index (χ4n) is 3.51. The Hall–Kier alpha value is -3.25. The van der Waals surface area contributed by atoms with Crippen LogP contribution in [0.4, 0.5) is 4.79 Å². The molecule has 0 bridgehead atoms. The molecule has 0 spiro atoms. The molecule has 0 N–H and O–H groups in total. The Morgan fingerprint density at radius 3 is 2.55 bits per heavy atom. The van der Waals surface area contributed by atoms with Gasteiger partial charge in [0, 0.05) is 0 Å². The van der Waals surface area contributed by atoms with Crippen LogP contribution < -0.4 is 9.47 Å². The van der Waals surface area contributed by atoms with Gasteiger partial charge in [0.05, 0.1) is 24.7 Å². The van der Waals surface area contributed by atoms with Crippen LogP contribution in [0.15, 0.2) is 65.6 Å². The van der Waals surface area contributed by atoms with E-state index in [1.165, 1.54) is 4.90 Å². The highest BCUT2D eigenvalue weighted by Gasteiger charge is 2.35. The molecule has 31 heavy (non-hydrogen) atoms. The maximum atomic E-state index is 13.0. The first kappa shape index (κ1) is 21.0. The first-order chi connectivity index (χ1) is 15.0. The highest BCUT2D eigenvalue weighted by atomic mass is 32.2. The molecule has 1 aliphatic heterocycles. The van der Waals surface area contributed by atoms with Crippen molar-refractivity contribution in [2.24, 2.45) is 0 Å². The third kappa shape index (κ3) is 4.44. The van der Waals surface area contributed by atoms with Crippen molar-refractivity contribution in [1.29, 1.82) is 0 Å². The van der Waals surface area contributed by atoms with Crippen LogP contribution in [0.1, 0.15) is 25.0 Å². The molecule has 1 heterocycles. The lowest BCUT2D eigenvalue weighted by atomic mass is 10.0. The van der Waals surface area contributed by atoms with Gasteiger partial charge in [-0.2, -0.15) is 0 Å². The Morgan fingerprint density at radius 2 is 1.77 bits per heavy atom. The molecule has 6 heteroatoms. The number of imide groups is 1. The van der Waals surface area contributed by atoms with E-state index in [1.54, 1.807) is 19.3 Å². The van der Waals surface area contributed by atoms with Crippen molar-refractivity contribution in [3.8, 4) is 11.5 Å². The summed E-state index contributed by atoms with van der Waals surface area (Å²) >= 11 is 0.956. The van der Waals surface area contributed by atoms with E-state index in [0.29, 0.717) is 16.4 Å². The zero-order valence-electron chi connectivity index (χ0n) is 17.6. The predicted octanol–water partition coefficient (Wildman–Crippen LogP) is 5.87. The summed E-state index contributed by atoms with van der Waals surface area (Å²) in [7, 11) is 1.57. The summed E-state index contributed by atoms with van der Waals surface area (Å²) < 4.78 is 11.2. The van der Waals surface area contributed by atoms with Crippen LogP contribution in [0.5, 0.6) is 11.5 Å². The van der Waals surface area contributed by atoms with E-state index in [9.17, 15) is 9.59 Å². The van der Waals surface area contributed by atoms with Gasteiger partial charge in [0.25, 0.3) is 11.1 Å². The van der Waals surface area contributed by atoms with Gasteiger partial charge in [-0.1, -0.05) is 48.5 Å². The second-order valence-corrected chi connectivity index (χ2v) is 8.48. The average molecular weight is 434 g/mol. The number of rotatable bonds is 6. The highest BCUT2D eigenvalue weighted by Crippen LogP contribution is 2.36. The summed E-state index contributed by atoms with van der Waals surface area (Å²) in [4.78, 5) is 27.3. The smallest absolute Gasteiger partial charge is 0.293 e. The summed E-state index contributed by atoms with van der Waals surface area (Å²) in [6.07, 6.45) is 1.74. The van der Waals surface area contributed by atoms with Gasteiger partial charge in [0.2, 0.25) is 0 Å². The zero-order valence-corrected chi connectivity index (χ0v) is 18.4. The molecule has 158 valence electrons. The lowest BCUT2D eigenvalue weighted by Gasteiger charge is -2.14. The highest BCUT2D eigenvalue weighted by molar-refractivity contribution is 8.18. The standard InChI is InChI=1S/C25H23NO4S/c1-16(2)30-21-12-11-17(13-22(21)29-3)14-23-24(27)26(25(28)31-23)15-19-9-6-8-18-7-4-5-10-20(18)19/h4-14,16H,15H2,1-3H3/b23-14-. The Kier molecular flexibility index (Phi) is 6.00. The fraction of sp³-hybridized carbons (Fsp3) is 0.200. The molecule has 1 fully saturated rings. The molecule has 3 aromatic rings. The van der Waals surface area contributed by atoms with Crippen molar-refractivity contribution in [2.75, 3.05) is 7.11 Å². The molecule has 5 nitrogen and oxygen atoms in total. The molecule has 0 saturated carbocycles. The number of methoxy groups -OCH3 is 1. The van der Waals surface area contributed by atoms with Gasteiger partial charge in [0.1, 0.15) is 0 Å². The van der Waals surface area contributed by atoms with Crippen LogP contribution in [-0.2, 0) is 11.3 Å². The molecule has 0 aromatic heterocycles. The van der Waals surface area contributed by atoms with E-state index >= 15 is 0 Å². The van der Waals surface area contributed by atoms with E-state index in [2.05, 4.69) is 0 Å². The summed E-state index contributed by atoms with van der Waals surface area (Å²) in [5, 5.41) is 1.85. The van der Waals surface area contributed by atoms with Crippen molar-refractivity contribution in [3.05, 3.63) is 76.7 Å². The Balaban J connectivity index is 1.59. The van der Waals surface area contributed by atoms with Crippen LogP contribution in [0.25, 0.3) is 16.8 Å². The lowest BCUT2D eigenvalue weighted by Crippen LogP contribution is -2.27. The van der Waals surface area contributed by atoms with Crippen molar-refractivity contribution in [2.45, 2.75) is 26.5 Å². The van der Waals surface area contributed by atoms with Gasteiger partial charge < -0.3 is 9.47 Å². The summed E-state index contributed by atoms with van der Waals surface area (Å²) in [6, 6.07) is 19.3. The number of thioether (sulfide) groups is 1. The Morgan fingerprint density at radius 1 is 1.00 bits per heavy atom. The maximum Gasteiger partial charge on any atom is 0.293 e. The van der Waals surface area contributed by atoms with E-state index in [1.807, 2.05) is 68.4 Å². The van der Waals surface area contributed by atoms with Crippen molar-refractivity contribution < 1.29 is 19.1 Å². The number of fused-ring (bicyclic) bond motifs is 1. The molecule has 0 unspecified atom stereocenters. The first-order valence-corrected chi connectivity index (χ1v) is 10.8. The maximum absolute atomic E-state index is 13.0. The van der Waals surface area contributed by atoms with Crippen LogP contribution in [0.3, 0.4) is 0 Å². The number of hydrogen-bond donors (Lipinski definition) is 0. The van der Waals surface area contributed by atoms with Crippen molar-refractivity contribution in [3.63, 3.8) is 0 Å². The number of hydrogen-bond acceptors (Lipinski definition) is 5. The average Bonchev–Trinajstić information content (AvgIpc) is 3.02. The number of ether oxygens (including phenoxy) is 2. The molecule has 1 saturated heterocycles. The molecular weight excluding hydrogens is 410 g/mol. The molecule has 0 aliphatic carbocycles. The molecule has 2 amide bonds. The molecule has 0 radical (unpaired) electrons. The number of nitrogens with zero attached hydrogens (tertiary/aromatic N) is 1. The van der Waals surface area contributed by atoms with E-state index in [4.69, 9.17) is 9.47 Å². The minimum atomic E-state index is -0.288. The normalized spacial score (nSPS) is 15.4. The number of benzene rings is 3.